The van der Waals surface area contributed by atoms with Gasteiger partial charge in [-0.1, -0.05) is 12.1 Å². The fourth-order valence-corrected chi connectivity index (χ4v) is 2.89. The van der Waals surface area contributed by atoms with Crippen LogP contribution >= 0.6 is 12.2 Å². The molecule has 0 unspecified atom stereocenters. The molecule has 1 aromatic carbocycles. The van der Waals surface area contributed by atoms with Crippen molar-refractivity contribution in [2.75, 3.05) is 39.6 Å². The van der Waals surface area contributed by atoms with Crippen molar-refractivity contribution in [3.63, 3.8) is 0 Å². The minimum atomic E-state index is 0.137. The van der Waals surface area contributed by atoms with E-state index in [1.54, 1.807) is 7.11 Å². The average molecular weight is 359 g/mol. The SMILES string of the molecule is COc1ccccc1NC(=S)N(CCN(C)C)[C@@H](C)c1ccncc1. The second kappa shape index (κ2) is 9.34. The molecule has 25 heavy (non-hydrogen) atoms. The van der Waals surface area contributed by atoms with Gasteiger partial charge in [-0.2, -0.15) is 0 Å². The molecule has 0 aliphatic rings. The number of hydrogen-bond donors (Lipinski definition) is 1. The van der Waals surface area contributed by atoms with Gasteiger partial charge in [-0.05, 0) is 63.1 Å². The number of aromatic nitrogens is 1. The number of rotatable bonds is 7. The van der Waals surface area contributed by atoms with E-state index >= 15 is 0 Å². The van der Waals surface area contributed by atoms with Gasteiger partial charge in [0.05, 0.1) is 18.8 Å². The van der Waals surface area contributed by atoms with Crippen LogP contribution in [0.25, 0.3) is 0 Å². The van der Waals surface area contributed by atoms with Crippen LogP contribution < -0.4 is 10.1 Å². The van der Waals surface area contributed by atoms with Crippen LogP contribution in [0.3, 0.4) is 0 Å². The van der Waals surface area contributed by atoms with Gasteiger partial charge in [-0.15, -0.1) is 0 Å². The predicted molar refractivity (Wildman–Crippen MR) is 107 cm³/mol. The highest BCUT2D eigenvalue weighted by Gasteiger charge is 2.19. The van der Waals surface area contributed by atoms with Gasteiger partial charge in [0.25, 0.3) is 0 Å². The van der Waals surface area contributed by atoms with Crippen molar-refractivity contribution in [3.05, 3.63) is 54.4 Å². The summed E-state index contributed by atoms with van der Waals surface area (Å²) in [5, 5.41) is 4.01. The second-order valence-corrected chi connectivity index (χ2v) is 6.47. The van der Waals surface area contributed by atoms with Crippen molar-refractivity contribution in [1.29, 1.82) is 0 Å². The fourth-order valence-electron chi connectivity index (χ4n) is 2.54. The lowest BCUT2D eigenvalue weighted by molar-refractivity contribution is 0.289. The van der Waals surface area contributed by atoms with Crippen LogP contribution in [0.4, 0.5) is 5.69 Å². The molecule has 1 atom stereocenters. The predicted octanol–water partition coefficient (Wildman–Crippen LogP) is 3.41. The molecule has 1 N–H and O–H groups in total. The third-order valence-corrected chi connectivity index (χ3v) is 4.39. The number of methoxy groups -OCH3 is 1. The summed E-state index contributed by atoms with van der Waals surface area (Å²) in [6.45, 7) is 3.88. The molecule has 2 rings (SSSR count). The number of pyridine rings is 1. The molecule has 0 radical (unpaired) electrons. The molecule has 0 aliphatic carbocycles. The van der Waals surface area contributed by atoms with Crippen LogP contribution in [-0.2, 0) is 0 Å². The number of nitrogens with zero attached hydrogens (tertiary/aromatic N) is 3. The Hall–Kier alpha value is -2.18. The summed E-state index contributed by atoms with van der Waals surface area (Å²) >= 11 is 5.72. The standard InChI is InChI=1S/C19H26N4OS/c1-15(16-9-11-20-12-10-16)23(14-13-22(2)3)19(25)21-17-7-5-6-8-18(17)24-4/h5-12,15H,13-14H2,1-4H3,(H,21,25)/t15-/m0/s1. The number of para-hydroxylation sites is 2. The molecule has 2 aromatic rings. The highest BCUT2D eigenvalue weighted by atomic mass is 32.1. The summed E-state index contributed by atoms with van der Waals surface area (Å²) in [4.78, 5) is 8.45. The average Bonchev–Trinajstić information content (AvgIpc) is 2.62. The molecule has 134 valence electrons. The number of nitrogens with one attached hydrogen (secondary N) is 1. The minimum Gasteiger partial charge on any atom is -0.495 e. The highest BCUT2D eigenvalue weighted by molar-refractivity contribution is 7.80. The normalized spacial score (nSPS) is 11.9. The first kappa shape index (κ1) is 19.1. The maximum Gasteiger partial charge on any atom is 0.174 e. The van der Waals surface area contributed by atoms with E-state index in [1.807, 2.05) is 48.8 Å². The number of hydrogen-bond acceptors (Lipinski definition) is 4. The Labute approximate surface area is 155 Å². The van der Waals surface area contributed by atoms with Gasteiger partial charge in [-0.3, -0.25) is 4.98 Å². The van der Waals surface area contributed by atoms with Crippen molar-refractivity contribution in [3.8, 4) is 5.75 Å². The van der Waals surface area contributed by atoms with Crippen molar-refractivity contribution in [2.45, 2.75) is 13.0 Å². The van der Waals surface area contributed by atoms with Crippen molar-refractivity contribution in [1.82, 2.24) is 14.8 Å². The van der Waals surface area contributed by atoms with E-state index < -0.39 is 0 Å². The third kappa shape index (κ3) is 5.41. The number of thiocarbonyl (C=S) groups is 1. The van der Waals surface area contributed by atoms with Gasteiger partial charge < -0.3 is 19.9 Å². The first-order valence-electron chi connectivity index (χ1n) is 8.28. The minimum absolute atomic E-state index is 0.137. The van der Waals surface area contributed by atoms with E-state index in [1.165, 1.54) is 5.56 Å². The van der Waals surface area contributed by atoms with Gasteiger partial charge in [-0.25, -0.2) is 0 Å². The van der Waals surface area contributed by atoms with Crippen molar-refractivity contribution >= 4 is 23.0 Å². The summed E-state index contributed by atoms with van der Waals surface area (Å²) in [5.74, 6) is 0.772. The van der Waals surface area contributed by atoms with E-state index in [0.29, 0.717) is 5.11 Å². The summed E-state index contributed by atoms with van der Waals surface area (Å²) < 4.78 is 5.41. The fraction of sp³-hybridized carbons (Fsp3) is 0.368. The molecule has 1 heterocycles. The van der Waals surface area contributed by atoms with Crippen LogP contribution in [0.2, 0.25) is 0 Å². The lowest BCUT2D eigenvalue weighted by Crippen LogP contribution is -2.41. The van der Waals surface area contributed by atoms with Crippen LogP contribution in [0, 0.1) is 0 Å². The Kier molecular flexibility index (Phi) is 7.16. The van der Waals surface area contributed by atoms with Crippen molar-refractivity contribution < 1.29 is 4.74 Å². The van der Waals surface area contributed by atoms with Crippen LogP contribution in [0.15, 0.2) is 48.8 Å². The zero-order chi connectivity index (χ0) is 18.2. The van der Waals surface area contributed by atoms with Crippen LogP contribution in [0.1, 0.15) is 18.5 Å². The Morgan fingerprint density at radius 2 is 1.84 bits per heavy atom. The molecule has 0 spiro atoms. The van der Waals surface area contributed by atoms with E-state index in [-0.39, 0.29) is 6.04 Å². The summed E-state index contributed by atoms with van der Waals surface area (Å²) in [6.07, 6.45) is 3.62. The Morgan fingerprint density at radius 1 is 1.16 bits per heavy atom. The zero-order valence-electron chi connectivity index (χ0n) is 15.3. The van der Waals surface area contributed by atoms with Gasteiger partial charge >= 0.3 is 0 Å². The first-order chi connectivity index (χ1) is 12.0. The summed E-state index contributed by atoms with van der Waals surface area (Å²) in [6, 6.07) is 12.0. The van der Waals surface area contributed by atoms with E-state index in [2.05, 4.69) is 41.1 Å². The zero-order valence-corrected chi connectivity index (χ0v) is 16.1. The van der Waals surface area contributed by atoms with Gasteiger partial charge in [0.2, 0.25) is 0 Å². The Balaban J connectivity index is 2.20. The van der Waals surface area contributed by atoms with Gasteiger partial charge in [0.15, 0.2) is 5.11 Å². The number of anilines is 1. The Bertz CT molecular complexity index is 678. The summed E-state index contributed by atoms with van der Waals surface area (Å²) in [7, 11) is 5.78. The molecule has 0 saturated heterocycles. The maximum absolute atomic E-state index is 5.72. The number of benzene rings is 1. The molecule has 0 saturated carbocycles. The van der Waals surface area contributed by atoms with Gasteiger partial charge in [0.1, 0.15) is 5.75 Å². The topological polar surface area (TPSA) is 40.6 Å². The molecular formula is C19H26N4OS. The van der Waals surface area contributed by atoms with E-state index in [4.69, 9.17) is 17.0 Å². The highest BCUT2D eigenvalue weighted by Crippen LogP contribution is 2.25. The monoisotopic (exact) mass is 358 g/mol. The molecule has 0 amide bonds. The van der Waals surface area contributed by atoms with Crippen molar-refractivity contribution in [2.24, 2.45) is 0 Å². The molecule has 5 nitrogen and oxygen atoms in total. The maximum atomic E-state index is 5.72. The molecular weight excluding hydrogens is 332 g/mol. The van der Waals surface area contributed by atoms with Crippen LogP contribution in [-0.4, -0.2) is 54.2 Å². The van der Waals surface area contributed by atoms with Crippen LogP contribution in [0.5, 0.6) is 5.75 Å². The third-order valence-electron chi connectivity index (χ3n) is 4.05. The molecule has 0 fully saturated rings. The Morgan fingerprint density at radius 3 is 2.48 bits per heavy atom. The lowest BCUT2D eigenvalue weighted by Gasteiger charge is -2.33. The van der Waals surface area contributed by atoms with E-state index in [0.717, 1.165) is 24.5 Å². The largest absolute Gasteiger partial charge is 0.495 e. The number of ether oxygens (including phenoxy) is 1. The first-order valence-corrected chi connectivity index (χ1v) is 8.69. The van der Waals surface area contributed by atoms with E-state index in [9.17, 15) is 0 Å². The molecule has 0 aliphatic heterocycles. The number of likely N-dealkylation sites (N-methyl/N-ethyl adjacent to an activating group) is 1. The quantitative estimate of drug-likeness (QED) is 0.765. The molecule has 0 bridgehead atoms. The summed E-state index contributed by atoms with van der Waals surface area (Å²) in [5.41, 5.74) is 2.05. The smallest absolute Gasteiger partial charge is 0.174 e. The second-order valence-electron chi connectivity index (χ2n) is 6.08. The van der Waals surface area contributed by atoms with Gasteiger partial charge in [0, 0.05) is 25.5 Å². The lowest BCUT2D eigenvalue weighted by atomic mass is 10.1. The molecule has 6 heteroatoms. The molecule has 1 aromatic heterocycles.